The molecule has 2 aliphatic heterocycles. The topological polar surface area (TPSA) is 82.2 Å². The first-order valence-corrected chi connectivity index (χ1v) is 8.47. The number of carbonyl (C=O) groups excluding carboxylic acids is 2. The maximum Gasteiger partial charge on any atom is 0.271 e. The van der Waals surface area contributed by atoms with E-state index in [2.05, 4.69) is 15.0 Å². The second-order valence-electron chi connectivity index (χ2n) is 6.12. The van der Waals surface area contributed by atoms with Crippen molar-refractivity contribution in [1.82, 2.24) is 24.8 Å². The molecule has 2 aromatic heterocycles. The predicted octanol–water partition coefficient (Wildman–Crippen LogP) is 0.905. The molecule has 2 aromatic rings. The first-order chi connectivity index (χ1) is 11.1. The number of nitrogens with one attached hydrogen (secondary N) is 1. The highest BCUT2D eigenvalue weighted by Gasteiger charge is 2.47. The SMILES string of the molecule is Cc1nc(CN2C[C@@H]3CN(C(=O)c4cnc[nH]4)C[C@@H]3C2=O)cs1. The van der Waals surface area contributed by atoms with Crippen LogP contribution in [0.25, 0.3) is 0 Å². The van der Waals surface area contributed by atoms with E-state index >= 15 is 0 Å². The van der Waals surface area contributed by atoms with Crippen LogP contribution in [0.4, 0.5) is 0 Å². The molecule has 23 heavy (non-hydrogen) atoms. The fourth-order valence-electron chi connectivity index (χ4n) is 3.47. The normalized spacial score (nSPS) is 23.6. The average Bonchev–Trinajstić information content (AvgIpc) is 3.28. The maximum atomic E-state index is 12.6. The molecule has 2 aliphatic rings. The lowest BCUT2D eigenvalue weighted by Gasteiger charge is -2.20. The number of thiazole rings is 1. The number of H-pyrrole nitrogens is 1. The summed E-state index contributed by atoms with van der Waals surface area (Å²) in [5.41, 5.74) is 1.43. The predicted molar refractivity (Wildman–Crippen MR) is 83.7 cm³/mol. The van der Waals surface area contributed by atoms with E-state index in [1.165, 1.54) is 12.5 Å². The summed E-state index contributed by atoms with van der Waals surface area (Å²) in [6.07, 6.45) is 3.02. The Morgan fingerprint density at radius 1 is 1.43 bits per heavy atom. The van der Waals surface area contributed by atoms with E-state index in [-0.39, 0.29) is 23.7 Å². The fraction of sp³-hybridized carbons (Fsp3) is 0.467. The zero-order chi connectivity index (χ0) is 16.0. The summed E-state index contributed by atoms with van der Waals surface area (Å²) in [4.78, 5) is 39.7. The van der Waals surface area contributed by atoms with Gasteiger partial charge in [-0.2, -0.15) is 0 Å². The number of aromatic nitrogens is 3. The summed E-state index contributed by atoms with van der Waals surface area (Å²) < 4.78 is 0. The first kappa shape index (κ1) is 14.4. The number of imidazole rings is 1. The largest absolute Gasteiger partial charge is 0.341 e. The average molecular weight is 331 g/mol. The van der Waals surface area contributed by atoms with Crippen LogP contribution in [0.1, 0.15) is 21.2 Å². The third-order valence-corrected chi connectivity index (χ3v) is 5.38. The van der Waals surface area contributed by atoms with E-state index in [0.29, 0.717) is 31.9 Å². The Balaban J connectivity index is 1.42. The summed E-state index contributed by atoms with van der Waals surface area (Å²) >= 11 is 1.60. The van der Waals surface area contributed by atoms with Crippen LogP contribution in [0.15, 0.2) is 17.9 Å². The number of hydrogen-bond donors (Lipinski definition) is 1. The molecule has 2 atom stereocenters. The first-order valence-electron chi connectivity index (χ1n) is 7.59. The summed E-state index contributed by atoms with van der Waals surface area (Å²) in [5.74, 6) is 0.197. The Bertz CT molecular complexity index is 741. The van der Waals surface area contributed by atoms with Crippen LogP contribution in [-0.4, -0.2) is 56.2 Å². The van der Waals surface area contributed by atoms with Crippen LogP contribution < -0.4 is 0 Å². The maximum absolute atomic E-state index is 12.6. The third-order valence-electron chi connectivity index (χ3n) is 4.56. The van der Waals surface area contributed by atoms with Crippen molar-refractivity contribution in [2.24, 2.45) is 11.8 Å². The standard InChI is InChI=1S/C15H17N5O2S/c1-9-18-11(7-23-9)5-19-3-10-4-20(6-12(10)14(19)21)15(22)13-2-16-8-17-13/h2,7-8,10,12H,3-6H2,1H3,(H,16,17)/t10-,12+/m1/s1. The molecule has 0 aromatic carbocycles. The number of aromatic amines is 1. The lowest BCUT2D eigenvalue weighted by atomic mass is 10.0. The minimum atomic E-state index is -0.0818. The Morgan fingerprint density at radius 2 is 2.30 bits per heavy atom. The van der Waals surface area contributed by atoms with Gasteiger partial charge in [-0.05, 0) is 6.92 Å². The fourth-order valence-corrected chi connectivity index (χ4v) is 4.08. The molecule has 0 spiro atoms. The van der Waals surface area contributed by atoms with Crippen molar-refractivity contribution >= 4 is 23.2 Å². The van der Waals surface area contributed by atoms with Crippen LogP contribution in [0, 0.1) is 18.8 Å². The number of rotatable bonds is 3. The molecule has 4 heterocycles. The van der Waals surface area contributed by atoms with Gasteiger partial charge in [-0.25, -0.2) is 9.97 Å². The smallest absolute Gasteiger partial charge is 0.271 e. The van der Waals surface area contributed by atoms with Gasteiger partial charge in [-0.3, -0.25) is 9.59 Å². The van der Waals surface area contributed by atoms with Crippen molar-refractivity contribution in [3.63, 3.8) is 0 Å². The minimum Gasteiger partial charge on any atom is -0.341 e. The van der Waals surface area contributed by atoms with E-state index in [1.807, 2.05) is 17.2 Å². The number of aryl methyl sites for hydroxylation is 1. The van der Waals surface area contributed by atoms with Crippen molar-refractivity contribution in [3.05, 3.63) is 34.3 Å². The van der Waals surface area contributed by atoms with Gasteiger partial charge in [0.2, 0.25) is 5.91 Å². The van der Waals surface area contributed by atoms with Gasteiger partial charge in [-0.1, -0.05) is 0 Å². The number of hydrogen-bond acceptors (Lipinski definition) is 5. The minimum absolute atomic E-state index is 0.0774. The number of nitrogens with zero attached hydrogens (tertiary/aromatic N) is 4. The molecule has 8 heteroatoms. The van der Waals surface area contributed by atoms with Crippen molar-refractivity contribution in [2.75, 3.05) is 19.6 Å². The molecule has 7 nitrogen and oxygen atoms in total. The van der Waals surface area contributed by atoms with E-state index < -0.39 is 0 Å². The van der Waals surface area contributed by atoms with Gasteiger partial charge in [0.1, 0.15) is 5.69 Å². The Hall–Kier alpha value is -2.22. The molecule has 2 amide bonds. The molecule has 0 unspecified atom stereocenters. The zero-order valence-electron chi connectivity index (χ0n) is 12.7. The number of fused-ring (bicyclic) bond motifs is 1. The Kier molecular flexibility index (Phi) is 3.41. The molecule has 4 rings (SSSR count). The van der Waals surface area contributed by atoms with Gasteiger partial charge in [-0.15, -0.1) is 11.3 Å². The molecule has 2 fully saturated rings. The zero-order valence-corrected chi connectivity index (χ0v) is 13.5. The van der Waals surface area contributed by atoms with Crippen LogP contribution in [-0.2, 0) is 11.3 Å². The lowest BCUT2D eigenvalue weighted by molar-refractivity contribution is -0.131. The summed E-state index contributed by atoms with van der Waals surface area (Å²) in [7, 11) is 0. The number of carbonyl (C=O) groups is 2. The van der Waals surface area contributed by atoms with Crippen LogP contribution >= 0.6 is 11.3 Å². The van der Waals surface area contributed by atoms with E-state index in [1.54, 1.807) is 16.2 Å². The highest BCUT2D eigenvalue weighted by molar-refractivity contribution is 7.09. The molecule has 1 N–H and O–H groups in total. The highest BCUT2D eigenvalue weighted by atomic mass is 32.1. The molecular weight excluding hydrogens is 314 g/mol. The molecule has 0 bridgehead atoms. The monoisotopic (exact) mass is 331 g/mol. The van der Waals surface area contributed by atoms with Crippen LogP contribution in [0.5, 0.6) is 0 Å². The van der Waals surface area contributed by atoms with E-state index in [0.717, 1.165) is 10.7 Å². The second-order valence-corrected chi connectivity index (χ2v) is 7.18. The number of likely N-dealkylation sites (tertiary alicyclic amines) is 2. The molecule has 0 radical (unpaired) electrons. The van der Waals surface area contributed by atoms with Crippen LogP contribution in [0.2, 0.25) is 0 Å². The molecule has 0 aliphatic carbocycles. The van der Waals surface area contributed by atoms with E-state index in [4.69, 9.17) is 0 Å². The van der Waals surface area contributed by atoms with Gasteiger partial charge in [0, 0.05) is 30.9 Å². The van der Waals surface area contributed by atoms with Crippen molar-refractivity contribution < 1.29 is 9.59 Å². The van der Waals surface area contributed by atoms with Gasteiger partial charge in [0.25, 0.3) is 5.91 Å². The molecule has 120 valence electrons. The lowest BCUT2D eigenvalue weighted by Crippen LogP contribution is -2.35. The summed E-state index contributed by atoms with van der Waals surface area (Å²) in [5, 5.41) is 3.02. The van der Waals surface area contributed by atoms with Crippen LogP contribution in [0.3, 0.4) is 0 Å². The van der Waals surface area contributed by atoms with Gasteiger partial charge < -0.3 is 14.8 Å². The van der Waals surface area contributed by atoms with Gasteiger partial charge in [0.05, 0.1) is 35.7 Å². The van der Waals surface area contributed by atoms with E-state index in [9.17, 15) is 9.59 Å². The van der Waals surface area contributed by atoms with Crippen molar-refractivity contribution in [1.29, 1.82) is 0 Å². The molecule has 0 saturated carbocycles. The Morgan fingerprint density at radius 3 is 2.96 bits per heavy atom. The Labute approximate surface area is 137 Å². The number of amides is 2. The molecular formula is C15H17N5O2S. The third kappa shape index (κ3) is 2.52. The quantitative estimate of drug-likeness (QED) is 0.906. The highest BCUT2D eigenvalue weighted by Crippen LogP contribution is 2.33. The van der Waals surface area contributed by atoms with Gasteiger partial charge in [0.15, 0.2) is 0 Å². The summed E-state index contributed by atoms with van der Waals surface area (Å²) in [6, 6.07) is 0. The summed E-state index contributed by atoms with van der Waals surface area (Å²) in [6.45, 7) is 4.36. The van der Waals surface area contributed by atoms with Gasteiger partial charge >= 0.3 is 0 Å². The second kappa shape index (κ2) is 5.45. The van der Waals surface area contributed by atoms with Crippen molar-refractivity contribution in [3.8, 4) is 0 Å². The molecule has 2 saturated heterocycles. The van der Waals surface area contributed by atoms with Crippen molar-refractivity contribution in [2.45, 2.75) is 13.5 Å².